The van der Waals surface area contributed by atoms with Crippen molar-refractivity contribution in [2.45, 2.75) is 0 Å². The van der Waals surface area contributed by atoms with Crippen LogP contribution in [-0.4, -0.2) is 37.5 Å². The molecule has 0 bridgehead atoms. The fraction of sp³-hybridized carbons (Fsp3) is 0. The molecule has 0 radical (unpaired) electrons. The van der Waals surface area contributed by atoms with Crippen molar-refractivity contribution in [2.24, 2.45) is 0 Å². The maximum atomic E-state index is 8.74. The molecule has 0 aliphatic rings. The third kappa shape index (κ3) is 63.2. The van der Waals surface area contributed by atoms with Gasteiger partial charge in [-0.15, -0.1) is 9.79 Å². The molecule has 0 fully saturated rings. The lowest BCUT2D eigenvalue weighted by molar-refractivity contribution is 0.380. The first-order chi connectivity index (χ1) is 6.73. The van der Waals surface area contributed by atoms with E-state index in [1.165, 1.54) is 0 Å². The van der Waals surface area contributed by atoms with Crippen molar-refractivity contribution in [1.82, 2.24) is 10.2 Å². The predicted octanol–water partition coefficient (Wildman–Crippen LogP) is -0.548. The van der Waals surface area contributed by atoms with Crippen LogP contribution in [0.15, 0.2) is 24.5 Å². The summed E-state index contributed by atoms with van der Waals surface area (Å²) in [5.74, 6) is 0. The van der Waals surface area contributed by atoms with Crippen LogP contribution in [0.3, 0.4) is 0 Å². The predicted molar refractivity (Wildman–Crippen MR) is 48.3 cm³/mol. The van der Waals surface area contributed by atoms with Gasteiger partial charge in [0, 0.05) is 17.0 Å². The van der Waals surface area contributed by atoms with Crippen molar-refractivity contribution in [3.63, 3.8) is 0 Å². The van der Waals surface area contributed by atoms with Gasteiger partial charge < -0.3 is 0 Å². The summed E-state index contributed by atoms with van der Waals surface area (Å²) < 4.78 is 40.3. The minimum Gasteiger partial charge on any atom is -0.264 e. The van der Waals surface area contributed by atoms with E-state index in [1.807, 2.05) is 12.1 Å². The number of hydrogen-bond donors (Lipinski definition) is 4. The first-order valence-corrected chi connectivity index (χ1v) is 5.56. The zero-order valence-corrected chi connectivity index (χ0v) is 8.78. The average Bonchev–Trinajstić information content (AvgIpc) is 2.03. The molecule has 0 atom stereocenters. The van der Waals surface area contributed by atoms with Crippen molar-refractivity contribution in [1.29, 1.82) is 0 Å². The Labute approximate surface area is 85.9 Å². The molecule has 1 aromatic heterocycles. The minimum atomic E-state index is -4.67. The van der Waals surface area contributed by atoms with Crippen molar-refractivity contribution < 1.29 is 31.9 Å². The van der Waals surface area contributed by atoms with Gasteiger partial charge in [0.05, 0.1) is 0 Å². The molecule has 1 aromatic rings. The van der Waals surface area contributed by atoms with Crippen LogP contribution in [-0.2, 0) is 15.0 Å². The van der Waals surface area contributed by atoms with Gasteiger partial charge in [-0.1, -0.05) is 0 Å². The maximum absolute atomic E-state index is 8.74. The highest BCUT2D eigenvalue weighted by Gasteiger charge is 1.93. The van der Waals surface area contributed by atoms with Crippen LogP contribution in [0.5, 0.6) is 0 Å². The number of nitrogens with zero attached hydrogens (tertiary/aromatic N) is 2. The van der Waals surface area contributed by atoms with Gasteiger partial charge in [-0.05, 0) is 12.1 Å². The number of hydrogen-bond acceptors (Lipinski definition) is 5. The van der Waals surface area contributed by atoms with Crippen LogP contribution >= 0.6 is 8.25 Å². The van der Waals surface area contributed by atoms with Gasteiger partial charge >= 0.3 is 18.7 Å². The molecular formula is C4H8N2O7PS+. The Hall–Kier alpha value is -1.03. The van der Waals surface area contributed by atoms with Gasteiger partial charge in [-0.25, -0.2) is 0 Å². The molecule has 0 aromatic carbocycles. The Kier molecular flexibility index (Phi) is 10.4. The molecule has 15 heavy (non-hydrogen) atoms. The fourth-order valence-corrected chi connectivity index (χ4v) is 0.253. The molecule has 0 amide bonds. The zero-order chi connectivity index (χ0) is 12.3. The Morgan fingerprint density at radius 2 is 1.20 bits per heavy atom. The largest absolute Gasteiger partial charge is 0.692 e. The summed E-state index contributed by atoms with van der Waals surface area (Å²) >= 11 is 0. The molecule has 0 aliphatic carbocycles. The lowest BCUT2D eigenvalue weighted by Crippen LogP contribution is -1.89. The lowest BCUT2D eigenvalue weighted by Gasteiger charge is -1.69. The topological polar surface area (TPSA) is 158 Å². The van der Waals surface area contributed by atoms with Gasteiger partial charge in [0.1, 0.15) is 0 Å². The van der Waals surface area contributed by atoms with Crippen LogP contribution in [0, 0.1) is 0 Å². The fourth-order valence-electron chi connectivity index (χ4n) is 0.253. The quantitative estimate of drug-likeness (QED) is 0.354. The van der Waals surface area contributed by atoms with Crippen LogP contribution < -0.4 is 0 Å². The Morgan fingerprint density at radius 1 is 1.00 bits per heavy atom. The van der Waals surface area contributed by atoms with Crippen molar-refractivity contribution in [3.8, 4) is 0 Å². The molecule has 0 unspecified atom stereocenters. The summed E-state index contributed by atoms with van der Waals surface area (Å²) in [5.41, 5.74) is 0. The maximum Gasteiger partial charge on any atom is 0.692 e. The van der Waals surface area contributed by atoms with Crippen molar-refractivity contribution in [2.75, 3.05) is 0 Å². The Bertz CT molecular complexity index is 316. The molecule has 0 saturated heterocycles. The summed E-state index contributed by atoms with van der Waals surface area (Å²) in [6.45, 7) is 0. The highest BCUT2D eigenvalue weighted by atomic mass is 32.3. The van der Waals surface area contributed by atoms with Crippen LogP contribution in [0.4, 0.5) is 0 Å². The van der Waals surface area contributed by atoms with E-state index >= 15 is 0 Å². The summed E-state index contributed by atoms with van der Waals surface area (Å²) in [5, 5.41) is 7.07. The second-order valence-corrected chi connectivity index (χ2v) is 3.02. The minimum absolute atomic E-state index is 1.64. The van der Waals surface area contributed by atoms with E-state index < -0.39 is 18.7 Å². The number of aromatic nitrogens is 2. The van der Waals surface area contributed by atoms with Gasteiger partial charge in [0.2, 0.25) is 0 Å². The highest BCUT2D eigenvalue weighted by Crippen LogP contribution is 1.98. The summed E-state index contributed by atoms with van der Waals surface area (Å²) in [7, 11) is -7.54. The van der Waals surface area contributed by atoms with Gasteiger partial charge in [-0.3, -0.25) is 9.11 Å². The Balaban J connectivity index is 0. The van der Waals surface area contributed by atoms with Crippen LogP contribution in [0.1, 0.15) is 0 Å². The van der Waals surface area contributed by atoms with Crippen LogP contribution in [0.2, 0.25) is 0 Å². The van der Waals surface area contributed by atoms with E-state index in [-0.39, 0.29) is 0 Å². The third-order valence-electron chi connectivity index (χ3n) is 0.483. The summed E-state index contributed by atoms with van der Waals surface area (Å²) in [6.07, 6.45) is 3.28. The van der Waals surface area contributed by atoms with Gasteiger partial charge in [0.25, 0.3) is 0 Å². The first-order valence-electron chi connectivity index (χ1n) is 3.00. The standard InChI is InChI=1S/C4H4N2.H2O4S.HO3P/c1-2-4-6-5-3-1;1-5(2,3)4;1-4(2)3/h1-4H;(H2,1,2,3,4);(H-,1,2,3)/p+1. The first kappa shape index (κ1) is 16.4. The summed E-state index contributed by atoms with van der Waals surface area (Å²) in [6, 6.07) is 3.65. The molecule has 1 rings (SSSR count). The second kappa shape index (κ2) is 9.52. The lowest BCUT2D eigenvalue weighted by atomic mass is 10.6. The van der Waals surface area contributed by atoms with Crippen molar-refractivity contribution in [3.05, 3.63) is 24.5 Å². The molecule has 9 nitrogen and oxygen atoms in total. The van der Waals surface area contributed by atoms with Crippen LogP contribution in [0.25, 0.3) is 0 Å². The molecule has 0 saturated carbocycles. The molecular weight excluding hydrogens is 251 g/mol. The highest BCUT2D eigenvalue weighted by molar-refractivity contribution is 7.79. The monoisotopic (exact) mass is 259 g/mol. The van der Waals surface area contributed by atoms with E-state index in [9.17, 15) is 0 Å². The molecule has 1 heterocycles. The molecule has 0 aliphatic heterocycles. The molecule has 11 heteroatoms. The summed E-state index contributed by atoms with van der Waals surface area (Å²) in [4.78, 5) is 14.2. The molecule has 4 N–H and O–H groups in total. The average molecular weight is 259 g/mol. The van der Waals surface area contributed by atoms with Gasteiger partial charge in [-0.2, -0.15) is 18.6 Å². The van der Waals surface area contributed by atoms with E-state index in [2.05, 4.69) is 10.2 Å². The molecule has 86 valence electrons. The Morgan fingerprint density at radius 3 is 1.27 bits per heavy atom. The zero-order valence-electron chi connectivity index (χ0n) is 7.07. The second-order valence-electron chi connectivity index (χ2n) is 1.61. The smallest absolute Gasteiger partial charge is 0.264 e. The molecule has 0 spiro atoms. The van der Waals surface area contributed by atoms with E-state index in [0.29, 0.717) is 0 Å². The van der Waals surface area contributed by atoms with Gasteiger partial charge in [0.15, 0.2) is 0 Å². The number of rotatable bonds is 0. The SMILES string of the molecule is O=S(=O)(O)O.O=[P+](O)O.c1ccnnc1. The van der Waals surface area contributed by atoms with E-state index in [1.54, 1.807) is 12.4 Å². The van der Waals surface area contributed by atoms with E-state index in [4.69, 9.17) is 31.9 Å². The normalized spacial score (nSPS) is 8.80. The third-order valence-corrected chi connectivity index (χ3v) is 0.483. The van der Waals surface area contributed by atoms with E-state index in [0.717, 1.165) is 0 Å². The van der Waals surface area contributed by atoms with Crippen molar-refractivity contribution >= 4 is 18.7 Å².